The molecule has 2 rings (SSSR count). The van der Waals surface area contributed by atoms with E-state index < -0.39 is 4.92 Å². The molecule has 1 heterocycles. The van der Waals surface area contributed by atoms with Gasteiger partial charge in [-0.3, -0.25) is 10.1 Å². The fourth-order valence-electron chi connectivity index (χ4n) is 1.47. The van der Waals surface area contributed by atoms with Crippen molar-refractivity contribution < 1.29 is 9.66 Å². The number of ether oxygens (including phenoxy) is 1. The molecule has 0 aliphatic carbocycles. The lowest BCUT2D eigenvalue weighted by Gasteiger charge is -2.09. The number of nitrogen functional groups attached to an aromatic ring is 1. The van der Waals surface area contributed by atoms with Crippen LogP contribution in [0.1, 0.15) is 5.82 Å². The molecule has 0 saturated heterocycles. The van der Waals surface area contributed by atoms with E-state index in [2.05, 4.69) is 9.97 Å². The lowest BCUT2D eigenvalue weighted by atomic mass is 10.3. The second-order valence-electron chi connectivity index (χ2n) is 3.78. The third-order valence-electron chi connectivity index (χ3n) is 2.23. The van der Waals surface area contributed by atoms with Crippen LogP contribution in [-0.4, -0.2) is 14.9 Å². The lowest BCUT2D eigenvalue weighted by Crippen LogP contribution is -1.98. The third-order valence-corrected chi connectivity index (χ3v) is 2.80. The standard InChI is InChI=1S/C11H8Cl2N4O3/c1-5-15-9(14)4-10(16-5)20-11-7(12)2-6(17(18)19)3-8(11)13/h2-4H,1H3,(H2,14,15,16). The molecule has 0 spiro atoms. The van der Waals surface area contributed by atoms with Gasteiger partial charge >= 0.3 is 0 Å². The first kappa shape index (κ1) is 14.3. The van der Waals surface area contributed by atoms with Crippen molar-refractivity contribution in [2.24, 2.45) is 0 Å². The topological polar surface area (TPSA) is 104 Å². The normalized spacial score (nSPS) is 10.3. The Morgan fingerprint density at radius 1 is 1.25 bits per heavy atom. The first-order valence-electron chi connectivity index (χ1n) is 5.29. The highest BCUT2D eigenvalue weighted by atomic mass is 35.5. The van der Waals surface area contributed by atoms with Crippen LogP contribution >= 0.6 is 23.2 Å². The van der Waals surface area contributed by atoms with E-state index in [4.69, 9.17) is 33.7 Å². The van der Waals surface area contributed by atoms with Crippen LogP contribution in [-0.2, 0) is 0 Å². The molecule has 7 nitrogen and oxygen atoms in total. The molecule has 1 aromatic carbocycles. The lowest BCUT2D eigenvalue weighted by molar-refractivity contribution is -0.384. The van der Waals surface area contributed by atoms with Gasteiger partial charge in [-0.15, -0.1) is 0 Å². The average molecular weight is 315 g/mol. The average Bonchev–Trinajstić information content (AvgIpc) is 2.32. The first-order chi connectivity index (χ1) is 9.36. The molecule has 2 N–H and O–H groups in total. The molecule has 0 radical (unpaired) electrons. The Hall–Kier alpha value is -2.12. The van der Waals surface area contributed by atoms with E-state index in [1.807, 2.05) is 0 Å². The van der Waals surface area contributed by atoms with Crippen molar-refractivity contribution in [1.29, 1.82) is 0 Å². The summed E-state index contributed by atoms with van der Waals surface area (Å²) < 4.78 is 5.42. The van der Waals surface area contributed by atoms with E-state index in [1.165, 1.54) is 6.07 Å². The van der Waals surface area contributed by atoms with Gasteiger partial charge in [0.25, 0.3) is 5.69 Å². The van der Waals surface area contributed by atoms with Gasteiger partial charge in [0.05, 0.1) is 15.0 Å². The van der Waals surface area contributed by atoms with E-state index in [1.54, 1.807) is 6.92 Å². The molecule has 20 heavy (non-hydrogen) atoms. The van der Waals surface area contributed by atoms with Gasteiger partial charge in [-0.05, 0) is 6.92 Å². The van der Waals surface area contributed by atoms with E-state index in [0.29, 0.717) is 5.82 Å². The number of rotatable bonds is 3. The quantitative estimate of drug-likeness (QED) is 0.688. The number of anilines is 1. The molecule has 0 atom stereocenters. The fourth-order valence-corrected chi connectivity index (χ4v) is 2.02. The van der Waals surface area contributed by atoms with Crippen LogP contribution < -0.4 is 10.5 Å². The van der Waals surface area contributed by atoms with Gasteiger partial charge in [-0.1, -0.05) is 23.2 Å². The Kier molecular flexibility index (Phi) is 3.91. The van der Waals surface area contributed by atoms with E-state index in [9.17, 15) is 10.1 Å². The largest absolute Gasteiger partial charge is 0.436 e. The second kappa shape index (κ2) is 5.48. The van der Waals surface area contributed by atoms with Crippen molar-refractivity contribution in [2.75, 3.05) is 5.73 Å². The number of benzene rings is 1. The van der Waals surface area contributed by atoms with Gasteiger partial charge < -0.3 is 10.5 Å². The van der Waals surface area contributed by atoms with Gasteiger partial charge in [0.15, 0.2) is 5.75 Å². The number of aryl methyl sites for hydroxylation is 1. The molecule has 104 valence electrons. The van der Waals surface area contributed by atoms with Gasteiger partial charge in [-0.25, -0.2) is 4.98 Å². The van der Waals surface area contributed by atoms with Crippen molar-refractivity contribution in [3.05, 3.63) is 44.2 Å². The van der Waals surface area contributed by atoms with Crippen LogP contribution in [0.25, 0.3) is 0 Å². The molecule has 0 aliphatic heterocycles. The predicted molar refractivity (Wildman–Crippen MR) is 74.4 cm³/mol. The van der Waals surface area contributed by atoms with Crippen molar-refractivity contribution in [2.45, 2.75) is 6.92 Å². The Morgan fingerprint density at radius 2 is 1.85 bits per heavy atom. The number of hydrogen-bond donors (Lipinski definition) is 1. The number of halogens is 2. The Morgan fingerprint density at radius 3 is 2.35 bits per heavy atom. The minimum absolute atomic E-state index is 0.000892. The Balaban J connectivity index is 2.41. The molecule has 1 aromatic heterocycles. The second-order valence-corrected chi connectivity index (χ2v) is 4.59. The van der Waals surface area contributed by atoms with Gasteiger partial charge in [-0.2, -0.15) is 4.98 Å². The highest BCUT2D eigenvalue weighted by molar-refractivity contribution is 6.37. The maximum absolute atomic E-state index is 10.7. The van der Waals surface area contributed by atoms with Crippen LogP contribution in [0.3, 0.4) is 0 Å². The minimum Gasteiger partial charge on any atom is -0.436 e. The molecule has 9 heteroatoms. The molecule has 0 fully saturated rings. The molecule has 0 bridgehead atoms. The molecule has 0 saturated carbocycles. The van der Waals surface area contributed by atoms with Gasteiger partial charge in [0, 0.05) is 18.2 Å². The highest BCUT2D eigenvalue weighted by Crippen LogP contribution is 2.39. The summed E-state index contributed by atoms with van der Waals surface area (Å²) in [4.78, 5) is 18.0. The molecule has 0 aliphatic rings. The first-order valence-corrected chi connectivity index (χ1v) is 6.05. The Labute approximate surface area is 123 Å². The summed E-state index contributed by atoms with van der Waals surface area (Å²) in [6, 6.07) is 3.67. The summed E-state index contributed by atoms with van der Waals surface area (Å²) in [5.41, 5.74) is 5.34. The van der Waals surface area contributed by atoms with Crippen molar-refractivity contribution in [1.82, 2.24) is 9.97 Å². The number of aromatic nitrogens is 2. The maximum Gasteiger partial charge on any atom is 0.272 e. The predicted octanol–water partition coefficient (Wildman–Crippen LogP) is 3.37. The summed E-state index contributed by atoms with van der Waals surface area (Å²) in [6.45, 7) is 1.64. The van der Waals surface area contributed by atoms with Crippen LogP contribution in [0.4, 0.5) is 11.5 Å². The number of non-ortho nitro benzene ring substituents is 1. The SMILES string of the molecule is Cc1nc(N)cc(Oc2c(Cl)cc([N+](=O)[O-])cc2Cl)n1. The maximum atomic E-state index is 10.7. The number of nitrogens with two attached hydrogens (primary N) is 1. The molecular weight excluding hydrogens is 307 g/mol. The number of nitro groups is 1. The summed E-state index contributed by atoms with van der Waals surface area (Å²) in [6.07, 6.45) is 0. The number of nitrogens with zero attached hydrogens (tertiary/aromatic N) is 3. The van der Waals surface area contributed by atoms with Crippen molar-refractivity contribution >= 4 is 34.7 Å². The van der Waals surface area contributed by atoms with Gasteiger partial charge in [0.2, 0.25) is 5.88 Å². The van der Waals surface area contributed by atoms with Gasteiger partial charge in [0.1, 0.15) is 11.6 Å². The smallest absolute Gasteiger partial charge is 0.272 e. The highest BCUT2D eigenvalue weighted by Gasteiger charge is 2.17. The zero-order chi connectivity index (χ0) is 14.9. The zero-order valence-corrected chi connectivity index (χ0v) is 11.6. The van der Waals surface area contributed by atoms with Crippen LogP contribution in [0.5, 0.6) is 11.6 Å². The molecule has 0 amide bonds. The summed E-state index contributed by atoms with van der Waals surface area (Å²) in [5, 5.41) is 10.7. The minimum atomic E-state index is -0.603. The summed E-state index contributed by atoms with van der Waals surface area (Å²) >= 11 is 11.8. The van der Waals surface area contributed by atoms with Crippen molar-refractivity contribution in [3.8, 4) is 11.6 Å². The summed E-state index contributed by atoms with van der Waals surface area (Å²) in [5.74, 6) is 0.847. The zero-order valence-electron chi connectivity index (χ0n) is 10.1. The third kappa shape index (κ3) is 3.06. The molecular formula is C11H8Cl2N4O3. The van der Waals surface area contributed by atoms with E-state index in [0.717, 1.165) is 12.1 Å². The number of nitro benzene ring substituents is 1. The van der Waals surface area contributed by atoms with E-state index in [-0.39, 0.29) is 33.2 Å². The van der Waals surface area contributed by atoms with E-state index >= 15 is 0 Å². The van der Waals surface area contributed by atoms with Crippen LogP contribution in [0.2, 0.25) is 10.0 Å². The molecule has 0 unspecified atom stereocenters. The van der Waals surface area contributed by atoms with Crippen LogP contribution in [0, 0.1) is 17.0 Å². The molecule has 2 aromatic rings. The monoisotopic (exact) mass is 314 g/mol. The number of hydrogen-bond acceptors (Lipinski definition) is 6. The summed E-state index contributed by atoms with van der Waals surface area (Å²) in [7, 11) is 0. The fraction of sp³-hybridized carbons (Fsp3) is 0.0909. The Bertz CT molecular complexity index is 650. The van der Waals surface area contributed by atoms with Crippen molar-refractivity contribution in [3.63, 3.8) is 0 Å². The van der Waals surface area contributed by atoms with Crippen LogP contribution in [0.15, 0.2) is 18.2 Å².